The number of benzene rings is 1. The molecule has 4 nitrogen and oxygen atoms in total. The van der Waals surface area contributed by atoms with Crippen molar-refractivity contribution in [1.29, 1.82) is 0 Å². The first-order valence-electron chi connectivity index (χ1n) is 5.49. The van der Waals surface area contributed by atoms with Crippen LogP contribution in [-0.2, 0) is 12.1 Å². The summed E-state index contributed by atoms with van der Waals surface area (Å²) < 4.78 is 1.50. The smallest absolute Gasteiger partial charge is 0.137 e. The van der Waals surface area contributed by atoms with Gasteiger partial charge in [0.2, 0.25) is 0 Å². The maximum absolute atomic E-state index is 10.8. The van der Waals surface area contributed by atoms with Crippen molar-refractivity contribution >= 4 is 23.2 Å². The molecular weight excluding hydrogens is 285 g/mol. The topological polar surface area (TPSA) is 50.9 Å². The number of aliphatic hydroxyl groups is 1. The molecule has 1 N–H and O–H groups in total. The normalized spacial score (nSPS) is 13.8. The molecule has 0 spiro atoms. The maximum Gasteiger partial charge on any atom is 0.137 e. The Balaban J connectivity index is 2.41. The second kappa shape index (κ2) is 5.62. The van der Waals surface area contributed by atoms with Gasteiger partial charge >= 0.3 is 0 Å². The molecule has 0 fully saturated rings. The van der Waals surface area contributed by atoms with E-state index in [1.807, 2.05) is 0 Å². The van der Waals surface area contributed by atoms with Crippen LogP contribution in [0.5, 0.6) is 0 Å². The number of nitrogens with zero attached hydrogens (tertiary/aromatic N) is 3. The Morgan fingerprint density at radius 2 is 2.21 bits per heavy atom. The van der Waals surface area contributed by atoms with Crippen molar-refractivity contribution in [2.45, 2.75) is 18.6 Å². The largest absolute Gasteiger partial charge is 0.382 e. The lowest BCUT2D eigenvalue weighted by Gasteiger charge is -2.27. The van der Waals surface area contributed by atoms with E-state index in [2.05, 4.69) is 16.0 Å². The molecule has 19 heavy (non-hydrogen) atoms. The third-order valence-electron chi connectivity index (χ3n) is 2.72. The van der Waals surface area contributed by atoms with Crippen molar-refractivity contribution in [3.8, 4) is 12.3 Å². The van der Waals surface area contributed by atoms with Crippen molar-refractivity contribution in [2.75, 3.05) is 0 Å². The lowest BCUT2D eigenvalue weighted by molar-refractivity contribution is 0.0200. The molecule has 0 amide bonds. The van der Waals surface area contributed by atoms with Crippen LogP contribution in [0.1, 0.15) is 12.0 Å². The van der Waals surface area contributed by atoms with Crippen molar-refractivity contribution in [1.82, 2.24) is 14.8 Å². The number of rotatable bonds is 4. The monoisotopic (exact) mass is 295 g/mol. The lowest BCUT2D eigenvalue weighted by atomic mass is 9.90. The molecule has 0 aliphatic heterocycles. The summed E-state index contributed by atoms with van der Waals surface area (Å²) in [5.74, 6) is 2.46. The zero-order chi connectivity index (χ0) is 13.9. The summed E-state index contributed by atoms with van der Waals surface area (Å²) in [6.07, 6.45) is 8.34. The quantitative estimate of drug-likeness (QED) is 0.882. The van der Waals surface area contributed by atoms with E-state index in [0.717, 1.165) is 0 Å². The molecule has 0 aliphatic rings. The van der Waals surface area contributed by atoms with E-state index in [-0.39, 0.29) is 13.0 Å². The van der Waals surface area contributed by atoms with Crippen LogP contribution in [0.3, 0.4) is 0 Å². The fourth-order valence-electron chi connectivity index (χ4n) is 1.85. The number of hydrogen-bond acceptors (Lipinski definition) is 3. The van der Waals surface area contributed by atoms with E-state index in [4.69, 9.17) is 29.6 Å². The minimum atomic E-state index is -1.32. The van der Waals surface area contributed by atoms with Gasteiger partial charge in [0, 0.05) is 22.0 Å². The van der Waals surface area contributed by atoms with E-state index < -0.39 is 5.60 Å². The van der Waals surface area contributed by atoms with Gasteiger partial charge < -0.3 is 5.11 Å². The van der Waals surface area contributed by atoms with Gasteiger partial charge in [-0.1, -0.05) is 29.3 Å². The summed E-state index contributed by atoms with van der Waals surface area (Å²) in [5, 5.41) is 15.6. The Hall–Kier alpha value is -1.54. The SMILES string of the molecule is C#CCC(O)(Cn1cncn1)c1ccc(Cl)cc1Cl. The van der Waals surface area contributed by atoms with Crippen LogP contribution in [0, 0.1) is 12.3 Å². The third-order valence-corrected chi connectivity index (χ3v) is 3.26. The molecule has 1 unspecified atom stereocenters. The first-order chi connectivity index (χ1) is 9.05. The highest BCUT2D eigenvalue weighted by Gasteiger charge is 2.31. The molecule has 2 aromatic rings. The summed E-state index contributed by atoms with van der Waals surface area (Å²) >= 11 is 12.0. The molecule has 0 bridgehead atoms. The molecule has 1 aromatic heterocycles. The highest BCUT2D eigenvalue weighted by atomic mass is 35.5. The van der Waals surface area contributed by atoms with Crippen LogP contribution in [0.4, 0.5) is 0 Å². The van der Waals surface area contributed by atoms with Crippen LogP contribution in [-0.4, -0.2) is 19.9 Å². The van der Waals surface area contributed by atoms with E-state index in [1.54, 1.807) is 18.2 Å². The number of terminal acetylenes is 1. The summed E-state index contributed by atoms with van der Waals surface area (Å²) in [6, 6.07) is 4.89. The molecular formula is C13H11Cl2N3O. The lowest BCUT2D eigenvalue weighted by Crippen LogP contribution is -2.31. The van der Waals surface area contributed by atoms with E-state index in [1.165, 1.54) is 17.3 Å². The Morgan fingerprint density at radius 1 is 1.42 bits per heavy atom. The number of halogens is 2. The summed E-state index contributed by atoms with van der Waals surface area (Å²) in [5.41, 5.74) is -0.795. The predicted octanol–water partition coefficient (Wildman–Crippen LogP) is 2.50. The summed E-state index contributed by atoms with van der Waals surface area (Å²) in [6.45, 7) is 0.165. The van der Waals surface area contributed by atoms with Crippen LogP contribution < -0.4 is 0 Å². The minimum Gasteiger partial charge on any atom is -0.382 e. The van der Waals surface area contributed by atoms with Crippen LogP contribution >= 0.6 is 23.2 Å². The number of aromatic nitrogens is 3. The van der Waals surface area contributed by atoms with Gasteiger partial charge in [0.1, 0.15) is 18.3 Å². The second-order valence-corrected chi connectivity index (χ2v) is 4.97. The Bertz CT molecular complexity index is 607. The molecule has 6 heteroatoms. The fraction of sp³-hybridized carbons (Fsp3) is 0.231. The van der Waals surface area contributed by atoms with Gasteiger partial charge in [0.15, 0.2) is 0 Å². The molecule has 0 saturated carbocycles. The van der Waals surface area contributed by atoms with Crippen molar-refractivity contribution in [3.63, 3.8) is 0 Å². The van der Waals surface area contributed by atoms with Gasteiger partial charge in [0.05, 0.1) is 6.54 Å². The Labute approximate surface area is 121 Å². The third kappa shape index (κ3) is 3.07. The molecule has 1 heterocycles. The molecule has 2 rings (SSSR count). The van der Waals surface area contributed by atoms with E-state index in [0.29, 0.717) is 15.6 Å². The molecule has 0 radical (unpaired) electrons. The zero-order valence-corrected chi connectivity index (χ0v) is 11.4. The van der Waals surface area contributed by atoms with Crippen molar-refractivity contribution in [2.24, 2.45) is 0 Å². The van der Waals surface area contributed by atoms with Crippen molar-refractivity contribution < 1.29 is 5.11 Å². The van der Waals surface area contributed by atoms with Crippen LogP contribution in [0.2, 0.25) is 10.0 Å². The second-order valence-electron chi connectivity index (χ2n) is 4.13. The molecule has 98 valence electrons. The van der Waals surface area contributed by atoms with E-state index >= 15 is 0 Å². The maximum atomic E-state index is 10.8. The zero-order valence-electron chi connectivity index (χ0n) is 9.92. The molecule has 0 aliphatic carbocycles. The van der Waals surface area contributed by atoms with Gasteiger partial charge in [-0.2, -0.15) is 5.10 Å². The Kier molecular flexibility index (Phi) is 4.11. The first-order valence-corrected chi connectivity index (χ1v) is 6.24. The van der Waals surface area contributed by atoms with Crippen LogP contribution in [0.15, 0.2) is 30.9 Å². The Morgan fingerprint density at radius 3 is 2.79 bits per heavy atom. The standard InChI is InChI=1S/C13H11Cl2N3O/c1-2-5-13(19,7-18-9-16-8-17-18)11-4-3-10(14)6-12(11)15/h1,3-4,6,8-9,19H,5,7H2. The molecule has 1 aromatic carbocycles. The predicted molar refractivity (Wildman–Crippen MR) is 73.8 cm³/mol. The van der Waals surface area contributed by atoms with Gasteiger partial charge in [-0.05, 0) is 12.1 Å². The summed E-state index contributed by atoms with van der Waals surface area (Å²) in [7, 11) is 0. The fourth-order valence-corrected chi connectivity index (χ4v) is 2.44. The highest BCUT2D eigenvalue weighted by Crippen LogP contribution is 2.33. The minimum absolute atomic E-state index is 0.105. The average Bonchev–Trinajstić information content (AvgIpc) is 2.81. The summed E-state index contributed by atoms with van der Waals surface area (Å²) in [4.78, 5) is 3.83. The highest BCUT2D eigenvalue weighted by molar-refractivity contribution is 6.35. The van der Waals surface area contributed by atoms with E-state index in [9.17, 15) is 5.11 Å². The molecule has 0 saturated heterocycles. The van der Waals surface area contributed by atoms with Crippen molar-refractivity contribution in [3.05, 3.63) is 46.5 Å². The first kappa shape index (κ1) is 13.9. The molecule has 1 atom stereocenters. The average molecular weight is 296 g/mol. The van der Waals surface area contributed by atoms with Gasteiger partial charge in [-0.25, -0.2) is 9.67 Å². The van der Waals surface area contributed by atoms with Crippen LogP contribution in [0.25, 0.3) is 0 Å². The van der Waals surface area contributed by atoms with Gasteiger partial charge in [-0.3, -0.25) is 0 Å². The number of hydrogen-bond donors (Lipinski definition) is 1. The van der Waals surface area contributed by atoms with Gasteiger partial charge in [0.25, 0.3) is 0 Å². The van der Waals surface area contributed by atoms with Gasteiger partial charge in [-0.15, -0.1) is 12.3 Å².